The van der Waals surface area contributed by atoms with E-state index in [-0.39, 0.29) is 0 Å². The molecule has 0 aromatic heterocycles. The largest absolute Gasteiger partial charge is 0.383 e. The monoisotopic (exact) mass is 192 g/mol. The van der Waals surface area contributed by atoms with Gasteiger partial charge in [-0.15, -0.1) is 0 Å². The van der Waals surface area contributed by atoms with E-state index >= 15 is 0 Å². The minimum atomic E-state index is -0.750. The van der Waals surface area contributed by atoms with Crippen molar-refractivity contribution in [2.45, 2.75) is 12.0 Å². The summed E-state index contributed by atoms with van der Waals surface area (Å²) < 4.78 is 0. The molecule has 2 rings (SSSR count). The fourth-order valence-electron chi connectivity index (χ4n) is 2.22. The maximum Gasteiger partial charge on any atom is 0.110 e. The molecule has 0 aliphatic carbocycles. The summed E-state index contributed by atoms with van der Waals surface area (Å²) >= 11 is 0. The number of para-hydroxylation sites is 1. The van der Waals surface area contributed by atoms with Crippen molar-refractivity contribution < 1.29 is 5.11 Å². The van der Waals surface area contributed by atoms with Crippen molar-refractivity contribution in [2.24, 2.45) is 5.73 Å². The Hall–Kier alpha value is -1.06. The summed E-state index contributed by atoms with van der Waals surface area (Å²) in [4.78, 5) is 2.07. The number of fused-ring (bicyclic) bond motifs is 1. The molecule has 1 unspecified atom stereocenters. The van der Waals surface area contributed by atoms with Crippen LogP contribution in [-0.4, -0.2) is 25.2 Å². The molecule has 76 valence electrons. The van der Waals surface area contributed by atoms with Gasteiger partial charge in [0.2, 0.25) is 0 Å². The van der Waals surface area contributed by atoms with E-state index < -0.39 is 5.60 Å². The van der Waals surface area contributed by atoms with Gasteiger partial charge in [0.15, 0.2) is 0 Å². The van der Waals surface area contributed by atoms with Gasteiger partial charge in [0, 0.05) is 18.3 Å². The van der Waals surface area contributed by atoms with E-state index in [1.54, 1.807) is 0 Å². The lowest BCUT2D eigenvalue weighted by atomic mass is 9.93. The topological polar surface area (TPSA) is 49.5 Å². The molecule has 0 saturated heterocycles. The van der Waals surface area contributed by atoms with Crippen molar-refractivity contribution in [1.82, 2.24) is 0 Å². The van der Waals surface area contributed by atoms with Gasteiger partial charge in [-0.3, -0.25) is 0 Å². The van der Waals surface area contributed by atoms with Crippen LogP contribution in [0.1, 0.15) is 12.0 Å². The minimum Gasteiger partial charge on any atom is -0.383 e. The molecule has 1 aliphatic heterocycles. The van der Waals surface area contributed by atoms with Crippen molar-refractivity contribution in [2.75, 3.05) is 25.0 Å². The molecular formula is C11H16N2O. The maximum atomic E-state index is 10.4. The molecule has 3 N–H and O–H groups in total. The van der Waals surface area contributed by atoms with Gasteiger partial charge in [-0.25, -0.2) is 0 Å². The minimum absolute atomic E-state index is 0.513. The quantitative estimate of drug-likeness (QED) is 0.724. The molecule has 1 heterocycles. The molecule has 14 heavy (non-hydrogen) atoms. The fourth-order valence-corrected chi connectivity index (χ4v) is 2.22. The lowest BCUT2D eigenvalue weighted by Crippen LogP contribution is -2.33. The van der Waals surface area contributed by atoms with Gasteiger partial charge in [0.1, 0.15) is 5.60 Å². The molecule has 0 fully saturated rings. The summed E-state index contributed by atoms with van der Waals surface area (Å²) in [5.41, 5.74) is 6.89. The number of rotatable bonds is 2. The van der Waals surface area contributed by atoms with E-state index in [2.05, 4.69) is 4.90 Å². The Labute approximate surface area is 84.1 Å². The third-order valence-corrected chi connectivity index (χ3v) is 2.87. The van der Waals surface area contributed by atoms with E-state index in [0.29, 0.717) is 19.5 Å². The second kappa shape index (κ2) is 3.26. The van der Waals surface area contributed by atoms with Gasteiger partial charge in [0.25, 0.3) is 0 Å². The molecular weight excluding hydrogens is 176 g/mol. The predicted octanol–water partition coefficient (Wildman–Crippen LogP) is 0.673. The summed E-state index contributed by atoms with van der Waals surface area (Å²) in [7, 11) is 1.99. The molecule has 1 aromatic rings. The zero-order chi connectivity index (χ0) is 10.2. The second-order valence-corrected chi connectivity index (χ2v) is 3.94. The third-order valence-electron chi connectivity index (χ3n) is 2.87. The molecule has 0 amide bonds. The van der Waals surface area contributed by atoms with Crippen LogP contribution in [-0.2, 0) is 5.60 Å². The zero-order valence-corrected chi connectivity index (χ0v) is 8.40. The van der Waals surface area contributed by atoms with E-state index in [1.807, 2.05) is 31.3 Å². The molecule has 1 aromatic carbocycles. The number of hydrogen-bond acceptors (Lipinski definition) is 3. The van der Waals surface area contributed by atoms with Crippen molar-refractivity contribution >= 4 is 5.69 Å². The normalized spacial score (nSPS) is 25.2. The van der Waals surface area contributed by atoms with Crippen LogP contribution in [0.3, 0.4) is 0 Å². The molecule has 0 saturated carbocycles. The van der Waals surface area contributed by atoms with E-state index in [4.69, 9.17) is 5.73 Å². The number of anilines is 1. The number of likely N-dealkylation sites (N-methyl/N-ethyl adjacent to an activating group) is 1. The first-order valence-electron chi connectivity index (χ1n) is 4.90. The van der Waals surface area contributed by atoms with Gasteiger partial charge >= 0.3 is 0 Å². The Morgan fingerprint density at radius 1 is 1.50 bits per heavy atom. The lowest BCUT2D eigenvalue weighted by Gasteiger charge is -2.22. The third kappa shape index (κ3) is 1.29. The average molecular weight is 192 g/mol. The Bertz CT molecular complexity index is 340. The Morgan fingerprint density at radius 2 is 2.21 bits per heavy atom. The van der Waals surface area contributed by atoms with E-state index in [9.17, 15) is 5.11 Å². The molecule has 0 radical (unpaired) electrons. The van der Waals surface area contributed by atoms with Gasteiger partial charge in [-0.05, 0) is 19.0 Å². The van der Waals surface area contributed by atoms with Crippen LogP contribution >= 0.6 is 0 Å². The highest BCUT2D eigenvalue weighted by Crippen LogP contribution is 2.39. The number of aliphatic hydroxyl groups is 1. The van der Waals surface area contributed by atoms with Crippen LogP contribution in [0.15, 0.2) is 24.3 Å². The summed E-state index contributed by atoms with van der Waals surface area (Å²) in [6.45, 7) is 1.15. The van der Waals surface area contributed by atoms with E-state index in [1.165, 1.54) is 0 Å². The van der Waals surface area contributed by atoms with Crippen LogP contribution in [0.5, 0.6) is 0 Å². The molecule has 0 spiro atoms. The summed E-state index contributed by atoms with van der Waals surface area (Å²) in [6.07, 6.45) is 0.619. The highest BCUT2D eigenvalue weighted by molar-refractivity contribution is 5.60. The van der Waals surface area contributed by atoms with Crippen LogP contribution in [0.2, 0.25) is 0 Å². The zero-order valence-electron chi connectivity index (χ0n) is 8.40. The first-order valence-corrected chi connectivity index (χ1v) is 4.90. The molecule has 1 aliphatic rings. The van der Waals surface area contributed by atoms with E-state index in [0.717, 1.165) is 11.3 Å². The number of hydrogen-bond donors (Lipinski definition) is 2. The molecule has 0 bridgehead atoms. The van der Waals surface area contributed by atoms with Gasteiger partial charge in [0.05, 0.1) is 6.54 Å². The molecule has 3 heteroatoms. The SMILES string of the molecule is CN1CC(O)(CCN)c2ccccc21. The Morgan fingerprint density at radius 3 is 2.93 bits per heavy atom. The fraction of sp³-hybridized carbons (Fsp3) is 0.455. The Kier molecular flexibility index (Phi) is 2.21. The average Bonchev–Trinajstić information content (AvgIpc) is 2.41. The first kappa shape index (κ1) is 9.49. The van der Waals surface area contributed by atoms with Crippen molar-refractivity contribution in [3.63, 3.8) is 0 Å². The van der Waals surface area contributed by atoms with Gasteiger partial charge in [-0.1, -0.05) is 18.2 Å². The standard InChI is InChI=1S/C11H16N2O/c1-13-8-11(14,6-7-12)9-4-2-3-5-10(9)13/h2-5,14H,6-8,12H2,1H3. The van der Waals surface area contributed by atoms with Gasteiger partial charge < -0.3 is 15.7 Å². The van der Waals surface area contributed by atoms with Crippen LogP contribution in [0, 0.1) is 0 Å². The number of β-amino-alcohol motifs (C(OH)–C–C–N with tert-alkyl or cyclic N) is 1. The van der Waals surface area contributed by atoms with Crippen molar-refractivity contribution in [1.29, 1.82) is 0 Å². The first-order chi connectivity index (χ1) is 6.67. The van der Waals surface area contributed by atoms with Crippen molar-refractivity contribution in [3.8, 4) is 0 Å². The summed E-state index contributed by atoms with van der Waals surface area (Å²) in [5.74, 6) is 0. The highest BCUT2D eigenvalue weighted by Gasteiger charge is 2.38. The van der Waals surface area contributed by atoms with Crippen molar-refractivity contribution in [3.05, 3.63) is 29.8 Å². The highest BCUT2D eigenvalue weighted by atomic mass is 16.3. The summed E-state index contributed by atoms with van der Waals surface area (Å²) in [6, 6.07) is 7.96. The van der Waals surface area contributed by atoms with Crippen LogP contribution in [0.4, 0.5) is 5.69 Å². The maximum absolute atomic E-state index is 10.4. The smallest absolute Gasteiger partial charge is 0.110 e. The second-order valence-electron chi connectivity index (χ2n) is 3.94. The lowest BCUT2D eigenvalue weighted by molar-refractivity contribution is 0.0476. The predicted molar refractivity (Wildman–Crippen MR) is 57.3 cm³/mol. The Balaban J connectivity index is 2.43. The van der Waals surface area contributed by atoms with Crippen LogP contribution < -0.4 is 10.6 Å². The number of nitrogens with zero attached hydrogens (tertiary/aromatic N) is 1. The number of benzene rings is 1. The number of nitrogens with two attached hydrogens (primary N) is 1. The van der Waals surface area contributed by atoms with Crippen LogP contribution in [0.25, 0.3) is 0 Å². The summed E-state index contributed by atoms with van der Waals surface area (Å²) in [5, 5.41) is 10.4. The molecule has 3 nitrogen and oxygen atoms in total. The molecule has 1 atom stereocenters. The van der Waals surface area contributed by atoms with Gasteiger partial charge in [-0.2, -0.15) is 0 Å².